The number of carbonyl (C=O) groups is 1. The molecule has 0 aliphatic carbocycles. The Morgan fingerprint density at radius 2 is 2.21 bits per heavy atom. The fourth-order valence-corrected chi connectivity index (χ4v) is 1.57. The van der Waals surface area contributed by atoms with Crippen molar-refractivity contribution in [1.29, 1.82) is 0 Å². The SMILES string of the molecule is CCOC(=O)c1c(Cl)c(CC)nn1C. The molecule has 0 aromatic carbocycles. The van der Waals surface area contributed by atoms with E-state index in [0.717, 1.165) is 5.69 Å². The first-order valence-corrected chi connectivity index (χ1v) is 4.88. The summed E-state index contributed by atoms with van der Waals surface area (Å²) in [7, 11) is 1.68. The van der Waals surface area contributed by atoms with Crippen molar-refractivity contribution in [2.75, 3.05) is 6.61 Å². The maximum atomic E-state index is 11.4. The number of hydrogen-bond donors (Lipinski definition) is 0. The molecule has 0 spiro atoms. The number of aromatic nitrogens is 2. The van der Waals surface area contributed by atoms with Crippen LogP contribution < -0.4 is 0 Å². The molecule has 5 heteroatoms. The van der Waals surface area contributed by atoms with Crippen LogP contribution in [0.3, 0.4) is 0 Å². The topological polar surface area (TPSA) is 44.1 Å². The molecule has 0 saturated carbocycles. The summed E-state index contributed by atoms with van der Waals surface area (Å²) in [6.45, 7) is 4.02. The van der Waals surface area contributed by atoms with Crippen LogP contribution in [0.15, 0.2) is 0 Å². The van der Waals surface area contributed by atoms with Crippen LogP contribution >= 0.6 is 11.6 Å². The lowest BCUT2D eigenvalue weighted by atomic mass is 10.3. The van der Waals surface area contributed by atoms with Gasteiger partial charge in [0.1, 0.15) is 0 Å². The molecule has 0 atom stereocenters. The van der Waals surface area contributed by atoms with Crippen molar-refractivity contribution >= 4 is 17.6 Å². The zero-order chi connectivity index (χ0) is 10.7. The first-order chi connectivity index (χ1) is 6.61. The fourth-order valence-electron chi connectivity index (χ4n) is 1.20. The standard InChI is InChI=1S/C9H13ClN2O2/c1-4-6-7(10)8(12(3)11-6)9(13)14-5-2/h4-5H2,1-3H3. The van der Waals surface area contributed by atoms with Gasteiger partial charge in [0.15, 0.2) is 5.69 Å². The van der Waals surface area contributed by atoms with Crippen molar-refractivity contribution in [1.82, 2.24) is 9.78 Å². The highest BCUT2D eigenvalue weighted by molar-refractivity contribution is 6.34. The summed E-state index contributed by atoms with van der Waals surface area (Å²) >= 11 is 5.98. The minimum absolute atomic E-state index is 0.324. The molecule has 1 aromatic heterocycles. The lowest BCUT2D eigenvalue weighted by Crippen LogP contribution is -2.10. The lowest BCUT2D eigenvalue weighted by molar-refractivity contribution is 0.0514. The van der Waals surface area contributed by atoms with Gasteiger partial charge in [0.05, 0.1) is 17.3 Å². The van der Waals surface area contributed by atoms with Gasteiger partial charge in [-0.1, -0.05) is 18.5 Å². The number of aryl methyl sites for hydroxylation is 2. The third kappa shape index (κ3) is 1.90. The lowest BCUT2D eigenvalue weighted by Gasteiger charge is -2.01. The van der Waals surface area contributed by atoms with Crippen molar-refractivity contribution in [2.45, 2.75) is 20.3 Å². The second-order valence-corrected chi connectivity index (χ2v) is 3.18. The van der Waals surface area contributed by atoms with Gasteiger partial charge in [0, 0.05) is 7.05 Å². The van der Waals surface area contributed by atoms with Crippen LogP contribution in [-0.2, 0) is 18.2 Å². The molecule has 14 heavy (non-hydrogen) atoms. The van der Waals surface area contributed by atoms with E-state index in [1.165, 1.54) is 4.68 Å². The van der Waals surface area contributed by atoms with E-state index in [-0.39, 0.29) is 0 Å². The molecule has 0 aliphatic heterocycles. The molecule has 0 amide bonds. The summed E-state index contributed by atoms with van der Waals surface area (Å²) in [6.07, 6.45) is 0.700. The number of esters is 1. The molecule has 0 fully saturated rings. The highest BCUT2D eigenvalue weighted by Gasteiger charge is 2.20. The number of ether oxygens (including phenoxy) is 1. The van der Waals surface area contributed by atoms with Crippen molar-refractivity contribution in [3.63, 3.8) is 0 Å². The highest BCUT2D eigenvalue weighted by atomic mass is 35.5. The number of hydrogen-bond acceptors (Lipinski definition) is 3. The van der Waals surface area contributed by atoms with Crippen LogP contribution in [0.1, 0.15) is 30.0 Å². The van der Waals surface area contributed by atoms with Crippen molar-refractivity contribution in [3.05, 3.63) is 16.4 Å². The normalized spacial score (nSPS) is 10.3. The highest BCUT2D eigenvalue weighted by Crippen LogP contribution is 2.21. The minimum Gasteiger partial charge on any atom is -0.461 e. The van der Waals surface area contributed by atoms with Gasteiger partial charge in [-0.3, -0.25) is 4.68 Å². The van der Waals surface area contributed by atoms with E-state index < -0.39 is 5.97 Å². The Labute approximate surface area is 87.8 Å². The Hall–Kier alpha value is -1.03. The first-order valence-electron chi connectivity index (χ1n) is 4.50. The summed E-state index contributed by atoms with van der Waals surface area (Å²) < 4.78 is 6.32. The molecule has 4 nitrogen and oxygen atoms in total. The molecule has 0 aliphatic rings. The Bertz CT molecular complexity index is 347. The number of halogens is 1. The third-order valence-electron chi connectivity index (χ3n) is 1.86. The van der Waals surface area contributed by atoms with Gasteiger partial charge in [-0.2, -0.15) is 5.10 Å². The van der Waals surface area contributed by atoms with Gasteiger partial charge in [0.2, 0.25) is 0 Å². The molecular weight excluding hydrogens is 204 g/mol. The minimum atomic E-state index is -0.424. The summed E-state index contributed by atoms with van der Waals surface area (Å²) in [6, 6.07) is 0. The molecule has 0 N–H and O–H groups in total. The maximum Gasteiger partial charge on any atom is 0.358 e. The Morgan fingerprint density at radius 3 is 2.64 bits per heavy atom. The maximum absolute atomic E-state index is 11.4. The Morgan fingerprint density at radius 1 is 1.57 bits per heavy atom. The molecular formula is C9H13ClN2O2. The monoisotopic (exact) mass is 216 g/mol. The summed E-state index contributed by atoms with van der Waals surface area (Å²) in [5, 5.41) is 4.51. The molecule has 1 rings (SSSR count). The first kappa shape index (κ1) is 11.0. The fraction of sp³-hybridized carbons (Fsp3) is 0.556. The molecule has 0 bridgehead atoms. The van der Waals surface area contributed by atoms with Gasteiger partial charge in [-0.25, -0.2) is 4.79 Å². The second-order valence-electron chi connectivity index (χ2n) is 2.81. The van der Waals surface area contributed by atoms with E-state index in [9.17, 15) is 4.79 Å². The molecule has 0 saturated heterocycles. The van der Waals surface area contributed by atoms with E-state index in [4.69, 9.17) is 16.3 Å². The van der Waals surface area contributed by atoms with Crippen LogP contribution in [0.4, 0.5) is 0 Å². The van der Waals surface area contributed by atoms with E-state index in [1.807, 2.05) is 6.92 Å². The molecule has 1 heterocycles. The zero-order valence-corrected chi connectivity index (χ0v) is 9.26. The van der Waals surface area contributed by atoms with Gasteiger partial charge in [0.25, 0.3) is 0 Å². The van der Waals surface area contributed by atoms with Crippen LogP contribution in [0, 0.1) is 0 Å². The van der Waals surface area contributed by atoms with Crippen LogP contribution in [0.25, 0.3) is 0 Å². The predicted octanol–water partition coefficient (Wildman–Crippen LogP) is 1.81. The van der Waals surface area contributed by atoms with Gasteiger partial charge >= 0.3 is 5.97 Å². The molecule has 1 aromatic rings. The van der Waals surface area contributed by atoms with Crippen molar-refractivity contribution in [3.8, 4) is 0 Å². The van der Waals surface area contributed by atoms with Crippen LogP contribution in [0.5, 0.6) is 0 Å². The predicted molar refractivity (Wildman–Crippen MR) is 53.6 cm³/mol. The van der Waals surface area contributed by atoms with Crippen LogP contribution in [-0.4, -0.2) is 22.4 Å². The number of carbonyl (C=O) groups excluding carboxylic acids is 1. The van der Waals surface area contributed by atoms with E-state index in [0.29, 0.717) is 23.7 Å². The van der Waals surface area contributed by atoms with E-state index in [2.05, 4.69) is 5.10 Å². The van der Waals surface area contributed by atoms with E-state index in [1.54, 1.807) is 14.0 Å². The largest absolute Gasteiger partial charge is 0.461 e. The molecule has 78 valence electrons. The molecule has 0 radical (unpaired) electrons. The van der Waals surface area contributed by atoms with Crippen molar-refractivity contribution < 1.29 is 9.53 Å². The quantitative estimate of drug-likeness (QED) is 0.724. The smallest absolute Gasteiger partial charge is 0.358 e. The van der Waals surface area contributed by atoms with E-state index >= 15 is 0 Å². The average molecular weight is 217 g/mol. The second kappa shape index (κ2) is 4.46. The Kier molecular flexibility index (Phi) is 3.52. The number of nitrogens with zero attached hydrogens (tertiary/aromatic N) is 2. The Balaban J connectivity index is 3.07. The average Bonchev–Trinajstić information content (AvgIpc) is 2.41. The summed E-state index contributed by atoms with van der Waals surface area (Å²) in [5.74, 6) is -0.424. The third-order valence-corrected chi connectivity index (χ3v) is 2.26. The summed E-state index contributed by atoms with van der Waals surface area (Å²) in [5.41, 5.74) is 1.04. The van der Waals surface area contributed by atoms with Gasteiger partial charge < -0.3 is 4.74 Å². The molecule has 0 unspecified atom stereocenters. The van der Waals surface area contributed by atoms with Gasteiger partial charge in [-0.05, 0) is 13.3 Å². The van der Waals surface area contributed by atoms with Gasteiger partial charge in [-0.15, -0.1) is 0 Å². The summed E-state index contributed by atoms with van der Waals surface area (Å²) in [4.78, 5) is 11.4. The number of rotatable bonds is 3. The zero-order valence-electron chi connectivity index (χ0n) is 8.50. The van der Waals surface area contributed by atoms with Crippen LogP contribution in [0.2, 0.25) is 5.02 Å². The van der Waals surface area contributed by atoms with Crippen molar-refractivity contribution in [2.24, 2.45) is 7.05 Å².